The molecule has 0 spiro atoms. The molecule has 0 aromatic carbocycles. The number of nitrogens with one attached hydrogen (secondary N) is 1. The Kier molecular flexibility index (Phi) is 6.32. The highest BCUT2D eigenvalue weighted by molar-refractivity contribution is 5.80. The zero-order valence-electron chi connectivity index (χ0n) is 9.78. The molecule has 1 rings (SSSR count). The molecular weight excluding hydrogens is 210 g/mol. The Hall–Kier alpha value is -0.690. The molecule has 1 heterocycles. The van der Waals surface area contributed by atoms with Gasteiger partial charge in [0.05, 0.1) is 19.8 Å². The lowest BCUT2D eigenvalue weighted by Crippen LogP contribution is -2.57. The molecule has 16 heavy (non-hydrogen) atoms. The number of amides is 1. The van der Waals surface area contributed by atoms with Crippen LogP contribution in [0.4, 0.5) is 0 Å². The number of nitrogens with zero attached hydrogens (tertiary/aromatic N) is 1. The highest BCUT2D eigenvalue weighted by Gasteiger charge is 2.25. The number of hydrogen-bond donors (Lipinski definition) is 2. The van der Waals surface area contributed by atoms with Gasteiger partial charge in [0, 0.05) is 33.3 Å². The number of carbonyl (C=O) groups is 1. The van der Waals surface area contributed by atoms with Crippen LogP contribution in [0.3, 0.4) is 0 Å². The lowest BCUT2D eigenvalue weighted by atomic mass is 10.2. The summed E-state index contributed by atoms with van der Waals surface area (Å²) in [4.78, 5) is 13.2. The molecule has 0 bridgehead atoms. The Labute approximate surface area is 96.1 Å². The first kappa shape index (κ1) is 13.4. The first-order valence-corrected chi connectivity index (χ1v) is 5.56. The topological polar surface area (TPSA) is 76.8 Å². The molecule has 6 heteroatoms. The minimum absolute atomic E-state index is 0.209. The third-order valence-corrected chi connectivity index (χ3v) is 2.64. The molecule has 1 amide bonds. The van der Waals surface area contributed by atoms with Gasteiger partial charge >= 0.3 is 0 Å². The van der Waals surface area contributed by atoms with Crippen molar-refractivity contribution in [3.05, 3.63) is 0 Å². The van der Waals surface area contributed by atoms with Crippen LogP contribution >= 0.6 is 0 Å². The van der Waals surface area contributed by atoms with Crippen molar-refractivity contribution < 1.29 is 14.3 Å². The number of hydrogen-bond acceptors (Lipinski definition) is 5. The highest BCUT2D eigenvalue weighted by atomic mass is 16.5. The molecule has 0 saturated carbocycles. The van der Waals surface area contributed by atoms with Crippen LogP contribution in [0.15, 0.2) is 0 Å². The third kappa shape index (κ3) is 4.44. The van der Waals surface area contributed by atoms with Crippen LogP contribution in [0.5, 0.6) is 0 Å². The fraction of sp³-hybridized carbons (Fsp3) is 0.900. The van der Waals surface area contributed by atoms with Gasteiger partial charge in [0.15, 0.2) is 0 Å². The number of methoxy groups -OCH3 is 1. The summed E-state index contributed by atoms with van der Waals surface area (Å²) in [5.74, 6) is -0.274. The van der Waals surface area contributed by atoms with E-state index >= 15 is 0 Å². The predicted molar refractivity (Wildman–Crippen MR) is 60.1 cm³/mol. The van der Waals surface area contributed by atoms with Crippen LogP contribution in [0.25, 0.3) is 0 Å². The van der Waals surface area contributed by atoms with Crippen LogP contribution in [0.1, 0.15) is 0 Å². The fourth-order valence-electron chi connectivity index (χ4n) is 1.72. The number of ether oxygens (including phenoxy) is 2. The zero-order chi connectivity index (χ0) is 11.8. The van der Waals surface area contributed by atoms with Gasteiger partial charge in [-0.25, -0.2) is 0 Å². The van der Waals surface area contributed by atoms with E-state index in [0.29, 0.717) is 26.4 Å². The van der Waals surface area contributed by atoms with Gasteiger partial charge in [-0.05, 0) is 0 Å². The van der Waals surface area contributed by atoms with Crippen LogP contribution in [0, 0.1) is 0 Å². The first-order chi connectivity index (χ1) is 7.75. The molecule has 1 fully saturated rings. The second-order valence-corrected chi connectivity index (χ2v) is 3.76. The average Bonchev–Trinajstić information content (AvgIpc) is 2.29. The molecule has 1 saturated heterocycles. The molecule has 1 atom stereocenters. The molecule has 3 N–H and O–H groups in total. The van der Waals surface area contributed by atoms with E-state index in [1.165, 1.54) is 0 Å². The molecule has 1 aliphatic rings. The first-order valence-electron chi connectivity index (χ1n) is 5.56. The second kappa shape index (κ2) is 7.56. The van der Waals surface area contributed by atoms with Gasteiger partial charge in [0.2, 0.25) is 5.91 Å². The maximum absolute atomic E-state index is 11.2. The zero-order valence-corrected chi connectivity index (χ0v) is 9.78. The maximum atomic E-state index is 11.2. The molecule has 0 radical (unpaired) electrons. The summed E-state index contributed by atoms with van der Waals surface area (Å²) in [6, 6.07) is -0.209. The van der Waals surface area contributed by atoms with Gasteiger partial charge in [-0.15, -0.1) is 0 Å². The van der Waals surface area contributed by atoms with E-state index in [9.17, 15) is 4.79 Å². The van der Waals surface area contributed by atoms with Gasteiger partial charge in [-0.1, -0.05) is 0 Å². The molecule has 0 aliphatic carbocycles. The van der Waals surface area contributed by atoms with Gasteiger partial charge < -0.3 is 20.5 Å². The minimum atomic E-state index is -0.274. The summed E-state index contributed by atoms with van der Waals surface area (Å²) in [5.41, 5.74) is 5.33. The molecule has 0 aromatic heterocycles. The molecular formula is C10H21N3O3. The van der Waals surface area contributed by atoms with E-state index < -0.39 is 0 Å². The van der Waals surface area contributed by atoms with Crippen molar-refractivity contribution in [3.8, 4) is 0 Å². The summed E-state index contributed by atoms with van der Waals surface area (Å²) >= 11 is 0. The summed E-state index contributed by atoms with van der Waals surface area (Å²) < 4.78 is 10.2. The summed E-state index contributed by atoms with van der Waals surface area (Å²) in [5, 5.41) is 3.15. The molecule has 1 unspecified atom stereocenters. The van der Waals surface area contributed by atoms with Crippen molar-refractivity contribution in [3.63, 3.8) is 0 Å². The lowest BCUT2D eigenvalue weighted by molar-refractivity contribution is -0.124. The van der Waals surface area contributed by atoms with Crippen molar-refractivity contribution in [2.45, 2.75) is 6.04 Å². The standard InChI is InChI=1S/C10H21N3O3/c1-15-6-7-16-5-4-13-3-2-12-8-9(13)10(11)14/h9,12H,2-8H2,1H3,(H2,11,14). The van der Waals surface area contributed by atoms with Crippen molar-refractivity contribution in [2.75, 3.05) is 53.1 Å². The van der Waals surface area contributed by atoms with E-state index in [1.807, 2.05) is 0 Å². The fourth-order valence-corrected chi connectivity index (χ4v) is 1.72. The number of carbonyl (C=O) groups excluding carboxylic acids is 1. The smallest absolute Gasteiger partial charge is 0.236 e. The number of rotatable bonds is 7. The normalized spacial score (nSPS) is 22.2. The maximum Gasteiger partial charge on any atom is 0.236 e. The Morgan fingerprint density at radius 1 is 1.50 bits per heavy atom. The van der Waals surface area contributed by atoms with Crippen LogP contribution < -0.4 is 11.1 Å². The van der Waals surface area contributed by atoms with Crippen LogP contribution in [0.2, 0.25) is 0 Å². The molecule has 6 nitrogen and oxygen atoms in total. The van der Waals surface area contributed by atoms with E-state index in [2.05, 4.69) is 10.2 Å². The summed E-state index contributed by atoms with van der Waals surface area (Å²) in [7, 11) is 1.64. The molecule has 94 valence electrons. The van der Waals surface area contributed by atoms with E-state index in [1.54, 1.807) is 7.11 Å². The average molecular weight is 231 g/mol. The van der Waals surface area contributed by atoms with Crippen molar-refractivity contribution in [1.29, 1.82) is 0 Å². The van der Waals surface area contributed by atoms with Crippen molar-refractivity contribution in [2.24, 2.45) is 5.73 Å². The Bertz CT molecular complexity index is 213. The van der Waals surface area contributed by atoms with Gasteiger partial charge in [-0.3, -0.25) is 9.69 Å². The summed E-state index contributed by atoms with van der Waals surface area (Å²) in [6.45, 7) is 4.88. The third-order valence-electron chi connectivity index (χ3n) is 2.64. The van der Waals surface area contributed by atoms with Crippen molar-refractivity contribution in [1.82, 2.24) is 10.2 Å². The van der Waals surface area contributed by atoms with Crippen molar-refractivity contribution >= 4 is 5.91 Å². The second-order valence-electron chi connectivity index (χ2n) is 3.76. The Balaban J connectivity index is 2.19. The number of nitrogens with two attached hydrogens (primary N) is 1. The highest BCUT2D eigenvalue weighted by Crippen LogP contribution is 2.02. The van der Waals surface area contributed by atoms with Gasteiger partial charge in [0.1, 0.15) is 6.04 Å². The van der Waals surface area contributed by atoms with Gasteiger partial charge in [0.25, 0.3) is 0 Å². The minimum Gasteiger partial charge on any atom is -0.382 e. The number of primary amides is 1. The monoisotopic (exact) mass is 231 g/mol. The quantitative estimate of drug-likeness (QED) is 0.517. The predicted octanol–water partition coefficient (Wildman–Crippen LogP) is -1.59. The van der Waals surface area contributed by atoms with E-state index in [-0.39, 0.29) is 11.9 Å². The van der Waals surface area contributed by atoms with Gasteiger partial charge in [-0.2, -0.15) is 0 Å². The Morgan fingerprint density at radius 3 is 3.00 bits per heavy atom. The number of piperazine rings is 1. The molecule has 0 aromatic rings. The van der Waals surface area contributed by atoms with E-state index in [0.717, 1.165) is 19.6 Å². The van der Waals surface area contributed by atoms with Crippen LogP contribution in [-0.2, 0) is 14.3 Å². The largest absolute Gasteiger partial charge is 0.382 e. The summed E-state index contributed by atoms with van der Waals surface area (Å²) in [6.07, 6.45) is 0. The Morgan fingerprint density at radius 2 is 2.31 bits per heavy atom. The van der Waals surface area contributed by atoms with Crippen LogP contribution in [-0.4, -0.2) is 70.0 Å². The van der Waals surface area contributed by atoms with E-state index in [4.69, 9.17) is 15.2 Å². The SMILES string of the molecule is COCCOCCN1CCNCC1C(N)=O. The molecule has 1 aliphatic heterocycles. The lowest BCUT2D eigenvalue weighted by Gasteiger charge is -2.33.